The van der Waals surface area contributed by atoms with Gasteiger partial charge in [-0.25, -0.2) is 0 Å². The molecule has 1 aromatic heterocycles. The highest BCUT2D eigenvalue weighted by Crippen LogP contribution is 2.27. The molecule has 1 aliphatic rings. The number of thioether (sulfide) groups is 1. The van der Waals surface area contributed by atoms with Crippen molar-refractivity contribution in [1.29, 1.82) is 0 Å². The minimum absolute atomic E-state index is 0.182. The third-order valence-electron chi connectivity index (χ3n) is 3.76. The van der Waals surface area contributed by atoms with Gasteiger partial charge < -0.3 is 5.11 Å². The van der Waals surface area contributed by atoms with Crippen LogP contribution in [-0.2, 0) is 0 Å². The van der Waals surface area contributed by atoms with E-state index in [0.717, 1.165) is 34.5 Å². The Hall–Kier alpha value is -1.10. The molecule has 2 aromatic rings. The van der Waals surface area contributed by atoms with Crippen LogP contribution in [-0.4, -0.2) is 46.1 Å². The monoisotopic (exact) mass is 274 g/mol. The van der Waals surface area contributed by atoms with Gasteiger partial charge in [-0.1, -0.05) is 18.2 Å². The lowest BCUT2D eigenvalue weighted by Crippen LogP contribution is -2.43. The zero-order valence-electron chi connectivity index (χ0n) is 11.0. The highest BCUT2D eigenvalue weighted by molar-refractivity contribution is 7.99. The lowest BCUT2D eigenvalue weighted by Gasteiger charge is -2.35. The van der Waals surface area contributed by atoms with E-state index < -0.39 is 6.10 Å². The number of aliphatic hydroxyl groups excluding tert-OH is 1. The molecule has 4 heteroatoms. The van der Waals surface area contributed by atoms with E-state index in [2.05, 4.69) is 23.0 Å². The highest BCUT2D eigenvalue weighted by Gasteiger charge is 2.27. The number of hydrogen-bond acceptors (Lipinski definition) is 4. The van der Waals surface area contributed by atoms with Gasteiger partial charge in [0.05, 0.1) is 11.6 Å². The van der Waals surface area contributed by atoms with Gasteiger partial charge in [-0.15, -0.1) is 0 Å². The third kappa shape index (κ3) is 2.61. The van der Waals surface area contributed by atoms with Gasteiger partial charge in [-0.2, -0.15) is 11.8 Å². The molecule has 0 aliphatic carbocycles. The molecular formula is C15H18N2OS. The van der Waals surface area contributed by atoms with Crippen LogP contribution in [0.4, 0.5) is 0 Å². The lowest BCUT2D eigenvalue weighted by molar-refractivity contribution is 0.0757. The summed E-state index contributed by atoms with van der Waals surface area (Å²) in [6.07, 6.45) is 1.34. The maximum absolute atomic E-state index is 10.6. The Morgan fingerprint density at radius 2 is 2.26 bits per heavy atom. The summed E-state index contributed by atoms with van der Waals surface area (Å²) in [7, 11) is 2.09. The van der Waals surface area contributed by atoms with Gasteiger partial charge in [0.2, 0.25) is 0 Å². The first kappa shape index (κ1) is 12.9. The number of pyridine rings is 1. The van der Waals surface area contributed by atoms with Crippen LogP contribution in [0.5, 0.6) is 0 Å². The summed E-state index contributed by atoms with van der Waals surface area (Å²) >= 11 is 1.91. The van der Waals surface area contributed by atoms with Gasteiger partial charge in [-0.3, -0.25) is 9.88 Å². The molecule has 100 valence electrons. The van der Waals surface area contributed by atoms with Gasteiger partial charge in [0.25, 0.3) is 0 Å². The molecule has 0 saturated carbocycles. The number of likely N-dealkylation sites (N-methyl/N-ethyl adjacent to an activating group) is 1. The SMILES string of the molecule is CN1CCSCC1C(O)c1cnc2ccccc2c1. The number of nitrogens with zero attached hydrogens (tertiary/aromatic N) is 2. The molecule has 0 radical (unpaired) electrons. The van der Waals surface area contributed by atoms with E-state index in [0.29, 0.717) is 0 Å². The number of aromatic nitrogens is 1. The summed E-state index contributed by atoms with van der Waals surface area (Å²) in [5, 5.41) is 11.7. The molecule has 1 aromatic carbocycles. The predicted octanol–water partition coefficient (Wildman–Crippen LogP) is 2.32. The molecule has 1 saturated heterocycles. The van der Waals surface area contributed by atoms with Crippen molar-refractivity contribution in [3.05, 3.63) is 42.1 Å². The Kier molecular flexibility index (Phi) is 3.73. The van der Waals surface area contributed by atoms with Gasteiger partial charge in [0.15, 0.2) is 0 Å². The Labute approximate surface area is 117 Å². The summed E-state index contributed by atoms with van der Waals surface area (Å²) < 4.78 is 0. The number of hydrogen-bond donors (Lipinski definition) is 1. The Balaban J connectivity index is 1.90. The summed E-state index contributed by atoms with van der Waals surface area (Å²) in [6.45, 7) is 1.04. The largest absolute Gasteiger partial charge is 0.387 e. The highest BCUT2D eigenvalue weighted by atomic mass is 32.2. The molecule has 3 rings (SSSR count). The second-order valence-electron chi connectivity index (χ2n) is 5.03. The summed E-state index contributed by atoms with van der Waals surface area (Å²) in [6, 6.07) is 10.3. The van der Waals surface area contributed by atoms with Crippen molar-refractivity contribution < 1.29 is 5.11 Å². The number of para-hydroxylation sites is 1. The van der Waals surface area contributed by atoms with Crippen molar-refractivity contribution in [2.75, 3.05) is 25.1 Å². The van der Waals surface area contributed by atoms with Crippen LogP contribution >= 0.6 is 11.8 Å². The second kappa shape index (κ2) is 5.49. The van der Waals surface area contributed by atoms with E-state index >= 15 is 0 Å². The zero-order valence-corrected chi connectivity index (χ0v) is 11.8. The number of benzene rings is 1. The van der Waals surface area contributed by atoms with Crippen LogP contribution < -0.4 is 0 Å². The summed E-state index contributed by atoms with van der Waals surface area (Å²) in [4.78, 5) is 6.68. The normalized spacial score (nSPS) is 22.5. The molecule has 1 aliphatic heterocycles. The molecule has 19 heavy (non-hydrogen) atoms. The Morgan fingerprint density at radius 3 is 3.11 bits per heavy atom. The van der Waals surface area contributed by atoms with Crippen LogP contribution in [0, 0.1) is 0 Å². The van der Waals surface area contributed by atoms with Crippen molar-refractivity contribution >= 4 is 22.7 Å². The molecule has 2 heterocycles. The zero-order chi connectivity index (χ0) is 13.2. The molecule has 2 atom stereocenters. The van der Waals surface area contributed by atoms with Gasteiger partial charge in [-0.05, 0) is 19.2 Å². The standard InChI is InChI=1S/C15H18N2OS/c1-17-6-7-19-10-14(17)15(18)12-8-11-4-2-3-5-13(11)16-9-12/h2-5,8-9,14-15,18H,6-7,10H2,1H3. The van der Waals surface area contributed by atoms with E-state index in [-0.39, 0.29) is 6.04 Å². The maximum Gasteiger partial charge on any atom is 0.0968 e. The van der Waals surface area contributed by atoms with Gasteiger partial charge in [0, 0.05) is 41.2 Å². The summed E-state index contributed by atoms with van der Waals surface area (Å²) in [5.41, 5.74) is 1.89. The maximum atomic E-state index is 10.6. The fraction of sp³-hybridized carbons (Fsp3) is 0.400. The van der Waals surface area contributed by atoms with Crippen molar-refractivity contribution in [3.8, 4) is 0 Å². The van der Waals surface area contributed by atoms with E-state index in [1.807, 2.05) is 36.0 Å². The number of rotatable bonds is 2. The number of aliphatic hydroxyl groups is 1. The van der Waals surface area contributed by atoms with Gasteiger partial charge in [0.1, 0.15) is 0 Å². The smallest absolute Gasteiger partial charge is 0.0968 e. The molecule has 1 fully saturated rings. The van der Waals surface area contributed by atoms with E-state index in [4.69, 9.17) is 0 Å². The van der Waals surface area contributed by atoms with E-state index in [1.165, 1.54) is 0 Å². The quantitative estimate of drug-likeness (QED) is 0.912. The fourth-order valence-corrected chi connectivity index (χ4v) is 3.77. The predicted molar refractivity (Wildman–Crippen MR) is 80.4 cm³/mol. The second-order valence-corrected chi connectivity index (χ2v) is 6.18. The van der Waals surface area contributed by atoms with Crippen LogP contribution in [0.1, 0.15) is 11.7 Å². The van der Waals surface area contributed by atoms with Gasteiger partial charge >= 0.3 is 0 Å². The lowest BCUT2D eigenvalue weighted by atomic mass is 10.0. The van der Waals surface area contributed by atoms with Crippen molar-refractivity contribution in [2.45, 2.75) is 12.1 Å². The topological polar surface area (TPSA) is 36.4 Å². The minimum Gasteiger partial charge on any atom is -0.387 e. The van der Waals surface area contributed by atoms with Crippen LogP contribution in [0.25, 0.3) is 10.9 Å². The molecule has 0 spiro atoms. The fourth-order valence-electron chi connectivity index (χ4n) is 2.51. The Morgan fingerprint density at radius 1 is 1.42 bits per heavy atom. The average Bonchev–Trinajstić information content (AvgIpc) is 2.46. The molecule has 0 bridgehead atoms. The molecule has 2 unspecified atom stereocenters. The molecule has 0 amide bonds. The van der Waals surface area contributed by atoms with Crippen molar-refractivity contribution in [1.82, 2.24) is 9.88 Å². The molecular weight excluding hydrogens is 256 g/mol. The average molecular weight is 274 g/mol. The minimum atomic E-state index is -0.463. The third-order valence-corrected chi connectivity index (χ3v) is 4.81. The van der Waals surface area contributed by atoms with E-state index in [1.54, 1.807) is 6.20 Å². The van der Waals surface area contributed by atoms with E-state index in [9.17, 15) is 5.11 Å². The molecule has 1 N–H and O–H groups in total. The Bertz CT molecular complexity index is 575. The molecule has 3 nitrogen and oxygen atoms in total. The first-order valence-corrected chi connectivity index (χ1v) is 7.72. The van der Waals surface area contributed by atoms with Crippen LogP contribution in [0.2, 0.25) is 0 Å². The first-order valence-electron chi connectivity index (χ1n) is 6.56. The number of fused-ring (bicyclic) bond motifs is 1. The first-order chi connectivity index (χ1) is 9.25. The van der Waals surface area contributed by atoms with Crippen molar-refractivity contribution in [2.24, 2.45) is 0 Å². The summed E-state index contributed by atoms with van der Waals surface area (Å²) in [5.74, 6) is 2.13. The van der Waals surface area contributed by atoms with Crippen molar-refractivity contribution in [3.63, 3.8) is 0 Å². The van der Waals surface area contributed by atoms with Crippen LogP contribution in [0.3, 0.4) is 0 Å². The van der Waals surface area contributed by atoms with Crippen LogP contribution in [0.15, 0.2) is 36.5 Å².